The van der Waals surface area contributed by atoms with Gasteiger partial charge < -0.3 is 10.6 Å². The minimum atomic E-state index is -4.27. The minimum absolute atomic E-state index is 0.284. The van der Waals surface area contributed by atoms with Crippen molar-refractivity contribution in [1.29, 1.82) is 0 Å². The average molecular weight is 272 g/mol. The molecule has 1 heterocycles. The molecule has 19 heavy (non-hydrogen) atoms. The smallest absolute Gasteiger partial charge is 0.368 e. The molecule has 1 aromatic rings. The fourth-order valence-electron chi connectivity index (χ4n) is 2.78. The van der Waals surface area contributed by atoms with E-state index in [1.54, 1.807) is 6.07 Å². The topological polar surface area (TPSA) is 29.3 Å². The number of fused-ring (bicyclic) bond motifs is 1. The molecule has 0 amide bonds. The van der Waals surface area contributed by atoms with Crippen molar-refractivity contribution in [3.63, 3.8) is 0 Å². The fraction of sp³-hybridized carbons (Fsp3) is 0.571. The summed E-state index contributed by atoms with van der Waals surface area (Å²) < 4.78 is 38.3. The number of anilines is 1. The molecule has 0 radical (unpaired) electrons. The zero-order valence-corrected chi connectivity index (χ0v) is 11.0. The largest absolute Gasteiger partial charge is 0.416 e. The number of hydrogen-bond donors (Lipinski definition) is 1. The van der Waals surface area contributed by atoms with Crippen molar-refractivity contribution in [2.24, 2.45) is 5.73 Å². The summed E-state index contributed by atoms with van der Waals surface area (Å²) in [6, 6.07) is 4.36. The highest BCUT2D eigenvalue weighted by atomic mass is 19.4. The van der Waals surface area contributed by atoms with Gasteiger partial charge in [0, 0.05) is 18.3 Å². The molecule has 0 saturated carbocycles. The van der Waals surface area contributed by atoms with Gasteiger partial charge in [-0.1, -0.05) is 6.07 Å². The lowest BCUT2D eigenvalue weighted by atomic mass is 10.0. The molecule has 1 aliphatic heterocycles. The third kappa shape index (κ3) is 2.86. The van der Waals surface area contributed by atoms with Crippen molar-refractivity contribution < 1.29 is 13.2 Å². The summed E-state index contributed by atoms with van der Waals surface area (Å²) in [5.41, 5.74) is 6.69. The zero-order valence-electron chi connectivity index (χ0n) is 11.0. The van der Waals surface area contributed by atoms with Crippen LogP contribution in [0.5, 0.6) is 0 Å². The number of nitrogens with two attached hydrogens (primary N) is 1. The highest BCUT2D eigenvalue weighted by Gasteiger charge is 2.34. The van der Waals surface area contributed by atoms with Crippen molar-refractivity contribution in [3.8, 4) is 0 Å². The van der Waals surface area contributed by atoms with Crippen molar-refractivity contribution in [2.45, 2.75) is 38.4 Å². The molecule has 5 heteroatoms. The Bertz CT molecular complexity index is 443. The molecule has 2 N–H and O–H groups in total. The van der Waals surface area contributed by atoms with Crippen LogP contribution in [-0.4, -0.2) is 19.1 Å². The number of likely N-dealkylation sites (N-methyl/N-ethyl adjacent to an activating group) is 1. The Hall–Kier alpha value is -1.23. The van der Waals surface area contributed by atoms with Gasteiger partial charge >= 0.3 is 6.18 Å². The van der Waals surface area contributed by atoms with Crippen molar-refractivity contribution >= 4 is 5.69 Å². The Morgan fingerprint density at radius 3 is 2.68 bits per heavy atom. The molecule has 0 bridgehead atoms. The van der Waals surface area contributed by atoms with E-state index in [1.165, 1.54) is 12.1 Å². The average Bonchev–Trinajstić information content (AvgIpc) is 2.71. The van der Waals surface area contributed by atoms with Crippen LogP contribution >= 0.6 is 0 Å². The van der Waals surface area contributed by atoms with E-state index >= 15 is 0 Å². The number of rotatable bonds is 4. The molecular formula is C14H19F3N2. The van der Waals surface area contributed by atoms with Crippen LogP contribution in [0.3, 0.4) is 0 Å². The Morgan fingerprint density at radius 2 is 2.11 bits per heavy atom. The Kier molecular flexibility index (Phi) is 4.04. The quantitative estimate of drug-likeness (QED) is 0.912. The van der Waals surface area contributed by atoms with E-state index in [9.17, 15) is 13.2 Å². The molecule has 1 aromatic carbocycles. The van der Waals surface area contributed by atoms with E-state index in [0.717, 1.165) is 37.1 Å². The Balaban J connectivity index is 2.27. The molecule has 2 nitrogen and oxygen atoms in total. The maximum atomic E-state index is 12.8. The molecule has 0 spiro atoms. The lowest BCUT2D eigenvalue weighted by Gasteiger charge is -2.26. The van der Waals surface area contributed by atoms with Gasteiger partial charge in [0.2, 0.25) is 0 Å². The monoisotopic (exact) mass is 272 g/mol. The highest BCUT2D eigenvalue weighted by Crippen LogP contribution is 2.38. The van der Waals surface area contributed by atoms with Crippen LogP contribution in [-0.2, 0) is 12.6 Å². The molecule has 1 unspecified atom stereocenters. The molecule has 1 atom stereocenters. The van der Waals surface area contributed by atoms with Crippen LogP contribution in [0.25, 0.3) is 0 Å². The molecule has 0 aromatic heterocycles. The molecule has 1 aliphatic rings. The standard InChI is InChI=1S/C14H19F3N2/c1-2-19-12(4-3-7-18)8-10-5-6-11(9-13(10)19)14(15,16)17/h5-6,9,12H,2-4,7-8,18H2,1H3. The van der Waals surface area contributed by atoms with Crippen molar-refractivity contribution in [2.75, 3.05) is 18.0 Å². The van der Waals surface area contributed by atoms with Crippen LogP contribution in [0.15, 0.2) is 18.2 Å². The van der Waals surface area contributed by atoms with Gasteiger partial charge in [-0.2, -0.15) is 13.2 Å². The second-order valence-corrected chi connectivity index (χ2v) is 4.92. The number of hydrogen-bond acceptors (Lipinski definition) is 2. The van der Waals surface area contributed by atoms with Gasteiger partial charge in [0.05, 0.1) is 5.56 Å². The van der Waals surface area contributed by atoms with E-state index in [2.05, 4.69) is 4.90 Å². The normalized spacial score (nSPS) is 18.8. The first-order valence-electron chi connectivity index (χ1n) is 6.64. The molecule has 2 rings (SSSR count). The lowest BCUT2D eigenvalue weighted by Crippen LogP contribution is -2.32. The van der Waals surface area contributed by atoms with Gasteiger partial charge in [-0.15, -0.1) is 0 Å². The van der Waals surface area contributed by atoms with Gasteiger partial charge in [0.15, 0.2) is 0 Å². The lowest BCUT2D eigenvalue weighted by molar-refractivity contribution is -0.137. The maximum absolute atomic E-state index is 12.8. The summed E-state index contributed by atoms with van der Waals surface area (Å²) in [5.74, 6) is 0. The predicted octanol–water partition coefficient (Wildman–Crippen LogP) is 3.20. The van der Waals surface area contributed by atoms with E-state index in [4.69, 9.17) is 5.73 Å². The molecule has 106 valence electrons. The van der Waals surface area contributed by atoms with E-state index in [-0.39, 0.29) is 6.04 Å². The summed E-state index contributed by atoms with van der Waals surface area (Å²) in [7, 11) is 0. The zero-order chi connectivity index (χ0) is 14.0. The van der Waals surface area contributed by atoms with Crippen molar-refractivity contribution in [3.05, 3.63) is 29.3 Å². The molecule has 0 fully saturated rings. The number of nitrogens with zero attached hydrogens (tertiary/aromatic N) is 1. The maximum Gasteiger partial charge on any atom is 0.416 e. The summed E-state index contributed by atoms with van der Waals surface area (Å²) in [6.07, 6.45) is -1.62. The predicted molar refractivity (Wildman–Crippen MR) is 70.2 cm³/mol. The highest BCUT2D eigenvalue weighted by molar-refractivity contribution is 5.61. The first-order valence-corrected chi connectivity index (χ1v) is 6.64. The van der Waals surface area contributed by atoms with Gasteiger partial charge in [-0.05, 0) is 50.4 Å². The van der Waals surface area contributed by atoms with Crippen LogP contribution in [0.4, 0.5) is 18.9 Å². The minimum Gasteiger partial charge on any atom is -0.368 e. The van der Waals surface area contributed by atoms with Gasteiger partial charge in [-0.3, -0.25) is 0 Å². The summed E-state index contributed by atoms with van der Waals surface area (Å²) in [4.78, 5) is 2.07. The SMILES string of the molecule is CCN1c2cc(C(F)(F)F)ccc2CC1CCCN. The molecule has 0 aliphatic carbocycles. The third-order valence-corrected chi connectivity index (χ3v) is 3.70. The summed E-state index contributed by atoms with van der Waals surface area (Å²) in [6.45, 7) is 3.33. The first-order chi connectivity index (χ1) is 8.97. The van der Waals surface area contributed by atoms with Gasteiger partial charge in [0.25, 0.3) is 0 Å². The second kappa shape index (κ2) is 5.41. The van der Waals surface area contributed by atoms with Gasteiger partial charge in [0.1, 0.15) is 0 Å². The Labute approximate surface area is 111 Å². The first kappa shape index (κ1) is 14.2. The third-order valence-electron chi connectivity index (χ3n) is 3.70. The van der Waals surface area contributed by atoms with Crippen LogP contribution < -0.4 is 10.6 Å². The van der Waals surface area contributed by atoms with Crippen LogP contribution in [0, 0.1) is 0 Å². The summed E-state index contributed by atoms with van der Waals surface area (Å²) >= 11 is 0. The summed E-state index contributed by atoms with van der Waals surface area (Å²) in [5, 5.41) is 0. The number of alkyl halides is 3. The van der Waals surface area contributed by atoms with Crippen LogP contribution in [0.1, 0.15) is 30.9 Å². The molecular weight excluding hydrogens is 253 g/mol. The van der Waals surface area contributed by atoms with E-state index < -0.39 is 11.7 Å². The number of halogens is 3. The molecule has 0 saturated heterocycles. The number of benzene rings is 1. The fourth-order valence-corrected chi connectivity index (χ4v) is 2.78. The van der Waals surface area contributed by atoms with E-state index in [0.29, 0.717) is 6.54 Å². The van der Waals surface area contributed by atoms with Crippen molar-refractivity contribution in [1.82, 2.24) is 0 Å². The van der Waals surface area contributed by atoms with Crippen LogP contribution in [0.2, 0.25) is 0 Å². The Morgan fingerprint density at radius 1 is 1.37 bits per heavy atom. The second-order valence-electron chi connectivity index (χ2n) is 4.92. The van der Waals surface area contributed by atoms with E-state index in [1.807, 2.05) is 6.92 Å². The van der Waals surface area contributed by atoms with Gasteiger partial charge in [-0.25, -0.2) is 0 Å².